The molecule has 100 valence electrons. The molecule has 0 N–H and O–H groups in total. The van der Waals surface area contributed by atoms with Gasteiger partial charge in [-0.2, -0.15) is 0 Å². The molecule has 19 heavy (non-hydrogen) atoms. The first-order valence-electron chi connectivity index (χ1n) is 6.49. The van der Waals surface area contributed by atoms with Crippen molar-refractivity contribution >= 4 is 23.2 Å². The van der Waals surface area contributed by atoms with Gasteiger partial charge in [-0.05, 0) is 56.3 Å². The molecule has 1 aliphatic heterocycles. The van der Waals surface area contributed by atoms with Gasteiger partial charge in [-0.15, -0.1) is 0 Å². The van der Waals surface area contributed by atoms with Gasteiger partial charge in [0.05, 0.1) is 11.6 Å². The first-order chi connectivity index (χ1) is 9.22. The molecule has 1 fully saturated rings. The quantitative estimate of drug-likeness (QED) is 0.805. The third-order valence-corrected chi connectivity index (χ3v) is 3.98. The SMILES string of the molecule is Clc1ccc(-c2ccc(CN3CCCC3)o2)c(Cl)c1. The van der Waals surface area contributed by atoms with Gasteiger partial charge < -0.3 is 4.42 Å². The molecule has 1 aliphatic rings. The molecular formula is C15H15Cl2NO. The van der Waals surface area contributed by atoms with Gasteiger partial charge in [0.2, 0.25) is 0 Å². The van der Waals surface area contributed by atoms with Crippen molar-refractivity contribution in [2.45, 2.75) is 19.4 Å². The Kier molecular flexibility index (Phi) is 3.83. The zero-order valence-corrected chi connectivity index (χ0v) is 12.0. The minimum Gasteiger partial charge on any atom is -0.460 e. The van der Waals surface area contributed by atoms with Crippen LogP contribution < -0.4 is 0 Å². The van der Waals surface area contributed by atoms with E-state index in [4.69, 9.17) is 27.6 Å². The maximum atomic E-state index is 6.19. The highest BCUT2D eigenvalue weighted by molar-refractivity contribution is 6.36. The van der Waals surface area contributed by atoms with Crippen LogP contribution in [0, 0.1) is 0 Å². The van der Waals surface area contributed by atoms with E-state index in [1.54, 1.807) is 6.07 Å². The van der Waals surface area contributed by atoms with Gasteiger partial charge in [-0.1, -0.05) is 23.2 Å². The zero-order chi connectivity index (χ0) is 13.2. The lowest BCUT2D eigenvalue weighted by Crippen LogP contribution is -2.17. The van der Waals surface area contributed by atoms with Crippen molar-refractivity contribution in [1.29, 1.82) is 0 Å². The van der Waals surface area contributed by atoms with Crippen molar-refractivity contribution in [2.75, 3.05) is 13.1 Å². The van der Waals surface area contributed by atoms with Crippen molar-refractivity contribution in [3.63, 3.8) is 0 Å². The topological polar surface area (TPSA) is 16.4 Å². The van der Waals surface area contributed by atoms with Gasteiger partial charge in [0.25, 0.3) is 0 Å². The fourth-order valence-electron chi connectivity index (χ4n) is 2.46. The summed E-state index contributed by atoms with van der Waals surface area (Å²) in [5, 5.41) is 1.26. The number of hydrogen-bond donors (Lipinski definition) is 0. The normalized spacial score (nSPS) is 16.1. The van der Waals surface area contributed by atoms with E-state index in [1.165, 1.54) is 12.8 Å². The number of rotatable bonds is 3. The molecule has 1 aromatic carbocycles. The molecule has 0 amide bonds. The lowest BCUT2D eigenvalue weighted by atomic mass is 10.2. The average molecular weight is 296 g/mol. The summed E-state index contributed by atoms with van der Waals surface area (Å²) < 4.78 is 5.88. The summed E-state index contributed by atoms with van der Waals surface area (Å²) in [6.07, 6.45) is 2.58. The molecule has 4 heteroatoms. The molecule has 0 atom stereocenters. The molecule has 1 aromatic heterocycles. The summed E-state index contributed by atoms with van der Waals surface area (Å²) in [5.41, 5.74) is 0.888. The minimum atomic E-state index is 0.620. The van der Waals surface area contributed by atoms with Gasteiger partial charge in [-0.25, -0.2) is 0 Å². The highest BCUT2D eigenvalue weighted by atomic mass is 35.5. The van der Waals surface area contributed by atoms with Crippen LogP contribution in [-0.2, 0) is 6.54 Å². The molecule has 0 bridgehead atoms. The lowest BCUT2D eigenvalue weighted by molar-refractivity contribution is 0.299. The third-order valence-electron chi connectivity index (χ3n) is 3.44. The van der Waals surface area contributed by atoms with Gasteiger partial charge in [0, 0.05) is 10.6 Å². The Balaban J connectivity index is 1.80. The van der Waals surface area contributed by atoms with Crippen LogP contribution in [0.15, 0.2) is 34.7 Å². The standard InChI is InChI=1S/C15H15Cl2NO/c16-11-3-5-13(14(17)9-11)15-6-4-12(19-15)10-18-7-1-2-8-18/h3-6,9H,1-2,7-8,10H2. The van der Waals surface area contributed by atoms with Crippen LogP contribution in [-0.4, -0.2) is 18.0 Å². The van der Waals surface area contributed by atoms with Gasteiger partial charge >= 0.3 is 0 Å². The molecular weight excluding hydrogens is 281 g/mol. The maximum absolute atomic E-state index is 6.19. The Morgan fingerprint density at radius 2 is 1.84 bits per heavy atom. The van der Waals surface area contributed by atoms with Gasteiger partial charge in [-0.3, -0.25) is 4.90 Å². The number of halogens is 2. The van der Waals surface area contributed by atoms with E-state index in [0.29, 0.717) is 10.0 Å². The summed E-state index contributed by atoms with van der Waals surface area (Å²) in [6, 6.07) is 9.45. The summed E-state index contributed by atoms with van der Waals surface area (Å²) in [6.45, 7) is 3.21. The monoisotopic (exact) mass is 295 g/mol. The van der Waals surface area contributed by atoms with Crippen molar-refractivity contribution in [3.05, 3.63) is 46.1 Å². The van der Waals surface area contributed by atoms with E-state index < -0.39 is 0 Å². The highest BCUT2D eigenvalue weighted by Crippen LogP contribution is 2.31. The van der Waals surface area contributed by atoms with Gasteiger partial charge in [0.1, 0.15) is 11.5 Å². The maximum Gasteiger partial charge on any atom is 0.135 e. The van der Waals surface area contributed by atoms with Crippen LogP contribution >= 0.6 is 23.2 Å². The zero-order valence-electron chi connectivity index (χ0n) is 10.5. The molecule has 2 nitrogen and oxygen atoms in total. The highest BCUT2D eigenvalue weighted by Gasteiger charge is 2.15. The van der Waals surface area contributed by atoms with E-state index >= 15 is 0 Å². The predicted octanol–water partition coefficient (Wildman–Crippen LogP) is 4.85. The summed E-state index contributed by atoms with van der Waals surface area (Å²) in [4.78, 5) is 2.41. The second kappa shape index (κ2) is 5.58. The predicted molar refractivity (Wildman–Crippen MR) is 78.7 cm³/mol. The average Bonchev–Trinajstić information content (AvgIpc) is 3.01. The van der Waals surface area contributed by atoms with Crippen molar-refractivity contribution in [3.8, 4) is 11.3 Å². The fraction of sp³-hybridized carbons (Fsp3) is 0.333. The Morgan fingerprint density at radius 1 is 1.05 bits per heavy atom. The fourth-order valence-corrected chi connectivity index (χ4v) is 2.96. The number of furan rings is 1. The smallest absolute Gasteiger partial charge is 0.135 e. The van der Waals surface area contributed by atoms with Crippen molar-refractivity contribution in [2.24, 2.45) is 0 Å². The third kappa shape index (κ3) is 2.97. The van der Waals surface area contributed by atoms with Crippen LogP contribution in [0.4, 0.5) is 0 Å². The van der Waals surface area contributed by atoms with E-state index in [-0.39, 0.29) is 0 Å². The molecule has 0 aliphatic carbocycles. The molecule has 3 rings (SSSR count). The number of benzene rings is 1. The summed E-state index contributed by atoms with van der Waals surface area (Å²) in [5.74, 6) is 1.79. The minimum absolute atomic E-state index is 0.620. The van der Waals surface area contributed by atoms with E-state index in [0.717, 1.165) is 36.7 Å². The molecule has 2 aromatic rings. The first kappa shape index (κ1) is 13.0. The van der Waals surface area contributed by atoms with Crippen LogP contribution in [0.3, 0.4) is 0 Å². The van der Waals surface area contributed by atoms with Crippen LogP contribution in [0.25, 0.3) is 11.3 Å². The Morgan fingerprint density at radius 3 is 2.58 bits per heavy atom. The van der Waals surface area contributed by atoms with Crippen molar-refractivity contribution in [1.82, 2.24) is 4.90 Å². The number of likely N-dealkylation sites (tertiary alicyclic amines) is 1. The Labute approximate surface area is 122 Å². The van der Waals surface area contributed by atoms with Crippen LogP contribution in [0.2, 0.25) is 10.0 Å². The molecule has 1 saturated heterocycles. The molecule has 2 heterocycles. The Bertz CT molecular complexity index is 573. The molecule has 0 saturated carbocycles. The molecule has 0 unspecified atom stereocenters. The number of nitrogens with zero attached hydrogens (tertiary/aromatic N) is 1. The van der Waals surface area contributed by atoms with E-state index in [9.17, 15) is 0 Å². The van der Waals surface area contributed by atoms with Crippen LogP contribution in [0.5, 0.6) is 0 Å². The molecule has 0 spiro atoms. The second-order valence-electron chi connectivity index (χ2n) is 4.87. The summed E-state index contributed by atoms with van der Waals surface area (Å²) >= 11 is 12.1. The first-order valence-corrected chi connectivity index (χ1v) is 7.24. The molecule has 0 radical (unpaired) electrons. The lowest BCUT2D eigenvalue weighted by Gasteiger charge is -2.11. The van der Waals surface area contributed by atoms with Gasteiger partial charge in [0.15, 0.2) is 0 Å². The number of hydrogen-bond acceptors (Lipinski definition) is 2. The largest absolute Gasteiger partial charge is 0.460 e. The van der Waals surface area contributed by atoms with E-state index in [1.807, 2.05) is 24.3 Å². The Hall–Kier alpha value is -0.960. The van der Waals surface area contributed by atoms with E-state index in [2.05, 4.69) is 4.90 Å². The summed E-state index contributed by atoms with van der Waals surface area (Å²) in [7, 11) is 0. The van der Waals surface area contributed by atoms with Crippen LogP contribution in [0.1, 0.15) is 18.6 Å². The van der Waals surface area contributed by atoms with Crippen molar-refractivity contribution < 1.29 is 4.42 Å². The second-order valence-corrected chi connectivity index (χ2v) is 5.72.